The summed E-state index contributed by atoms with van der Waals surface area (Å²) < 4.78 is 42.2. The molecule has 3 rings (SSSR count). The Bertz CT molecular complexity index is 1440. The number of carbonyl (C=O) groups excluding carboxylic acids is 2. The first-order chi connectivity index (χ1) is 19.4. The highest BCUT2D eigenvalue weighted by Crippen LogP contribution is 2.25. The third kappa shape index (κ3) is 8.65. The minimum atomic E-state index is -4.18. The van der Waals surface area contributed by atoms with E-state index < -0.39 is 34.5 Å². The highest BCUT2D eigenvalue weighted by Gasteiger charge is 2.34. The normalized spacial score (nSPS) is 12.2. The smallest absolute Gasteiger partial charge is 0.304 e. The van der Waals surface area contributed by atoms with Crippen molar-refractivity contribution in [2.45, 2.75) is 32.4 Å². The summed E-state index contributed by atoms with van der Waals surface area (Å²) in [5, 5.41) is 3.47. The van der Waals surface area contributed by atoms with Crippen LogP contribution in [0.1, 0.15) is 24.5 Å². The van der Waals surface area contributed by atoms with Crippen molar-refractivity contribution in [2.24, 2.45) is 0 Å². The zero-order valence-corrected chi connectivity index (χ0v) is 25.4. The number of carbonyl (C=O) groups is 2. The molecule has 3 aromatic rings. The van der Waals surface area contributed by atoms with Gasteiger partial charge >= 0.3 is 10.2 Å². The van der Waals surface area contributed by atoms with Crippen LogP contribution in [0.25, 0.3) is 0 Å². The first-order valence-electron chi connectivity index (χ1n) is 12.9. The number of hydrogen-bond acceptors (Lipinski definition) is 4. The number of anilines is 1. The van der Waals surface area contributed by atoms with Crippen molar-refractivity contribution < 1.29 is 22.4 Å². The summed E-state index contributed by atoms with van der Waals surface area (Å²) in [6.45, 7) is 1.62. The molecule has 0 saturated heterocycles. The fraction of sp³-hybridized carbons (Fsp3) is 0.310. The Morgan fingerprint density at radius 1 is 0.927 bits per heavy atom. The van der Waals surface area contributed by atoms with Gasteiger partial charge in [0.2, 0.25) is 11.8 Å². The van der Waals surface area contributed by atoms with Gasteiger partial charge in [0.25, 0.3) is 0 Å². The van der Waals surface area contributed by atoms with Crippen LogP contribution in [-0.4, -0.2) is 62.7 Å². The molecule has 0 radical (unpaired) electrons. The molecule has 0 unspecified atom stereocenters. The Morgan fingerprint density at radius 2 is 1.59 bits per heavy atom. The summed E-state index contributed by atoms with van der Waals surface area (Å²) in [4.78, 5) is 29.0. The maximum absolute atomic E-state index is 14.1. The van der Waals surface area contributed by atoms with Gasteiger partial charge < -0.3 is 10.2 Å². The summed E-state index contributed by atoms with van der Waals surface area (Å²) in [5.41, 5.74) is 1.50. The first kappa shape index (κ1) is 32.3. The average molecular weight is 624 g/mol. The molecule has 1 N–H and O–H groups in total. The van der Waals surface area contributed by atoms with Crippen LogP contribution in [0.2, 0.25) is 10.0 Å². The zero-order chi connectivity index (χ0) is 30.2. The predicted octanol–water partition coefficient (Wildman–Crippen LogP) is 4.91. The SMILES string of the molecule is CCCNC(=O)[C@@H](Cc1ccccc1)N(Cc1ccc(Cl)c(Cl)c1)C(=O)CN(c1ccc(F)cc1)S(=O)(=O)N(C)C. The monoisotopic (exact) mass is 622 g/mol. The van der Waals surface area contributed by atoms with E-state index in [0.29, 0.717) is 23.6 Å². The van der Waals surface area contributed by atoms with Crippen molar-refractivity contribution in [3.8, 4) is 0 Å². The molecule has 8 nitrogen and oxygen atoms in total. The van der Waals surface area contributed by atoms with E-state index in [9.17, 15) is 22.4 Å². The van der Waals surface area contributed by atoms with Crippen LogP contribution in [0, 0.1) is 5.82 Å². The predicted molar refractivity (Wildman–Crippen MR) is 161 cm³/mol. The fourth-order valence-corrected chi connectivity index (χ4v) is 5.46. The molecule has 0 spiro atoms. The van der Waals surface area contributed by atoms with Crippen LogP contribution in [0.5, 0.6) is 0 Å². The van der Waals surface area contributed by atoms with Crippen LogP contribution in [-0.2, 0) is 32.8 Å². The van der Waals surface area contributed by atoms with Gasteiger partial charge in [-0.1, -0.05) is 66.5 Å². The number of halogens is 3. The Kier molecular flexibility index (Phi) is 11.5. The van der Waals surface area contributed by atoms with Gasteiger partial charge in [-0.3, -0.25) is 9.59 Å². The second-order valence-electron chi connectivity index (χ2n) is 9.54. The molecule has 0 heterocycles. The van der Waals surface area contributed by atoms with Crippen LogP contribution in [0.15, 0.2) is 72.8 Å². The summed E-state index contributed by atoms with van der Waals surface area (Å²) in [5.74, 6) is -1.58. The maximum atomic E-state index is 14.1. The number of rotatable bonds is 13. The lowest BCUT2D eigenvalue weighted by molar-refractivity contribution is -0.140. The molecule has 220 valence electrons. The Hall–Kier alpha value is -3.18. The van der Waals surface area contributed by atoms with Crippen LogP contribution in [0.3, 0.4) is 0 Å². The standard InChI is InChI=1S/C29H33Cl2FN4O4S/c1-4-16-33-29(38)27(18-21-8-6-5-7-9-21)35(19-22-10-15-25(30)26(31)17-22)28(37)20-36(41(39,40)34(2)3)24-13-11-23(32)12-14-24/h5-15,17,27H,4,16,18-20H2,1-3H3,(H,33,38)/t27-/m1/s1. The fourth-order valence-electron chi connectivity index (χ4n) is 4.08. The molecule has 2 amide bonds. The van der Waals surface area contributed by atoms with Crippen LogP contribution >= 0.6 is 23.2 Å². The third-order valence-corrected chi connectivity index (χ3v) is 8.85. The van der Waals surface area contributed by atoms with E-state index in [0.717, 1.165) is 26.3 Å². The van der Waals surface area contributed by atoms with Gasteiger partial charge in [0, 0.05) is 33.6 Å². The Balaban J connectivity index is 2.09. The summed E-state index contributed by atoms with van der Waals surface area (Å²) in [6.07, 6.45) is 0.865. The van der Waals surface area contributed by atoms with Gasteiger partial charge in [0.15, 0.2) is 0 Å². The lowest BCUT2D eigenvalue weighted by Gasteiger charge is -2.34. The summed E-state index contributed by atoms with van der Waals surface area (Å²) in [7, 11) is -1.51. The molecule has 0 aliphatic heterocycles. The van der Waals surface area contributed by atoms with Gasteiger partial charge in [0.1, 0.15) is 18.4 Å². The molecule has 0 aliphatic rings. The summed E-state index contributed by atoms with van der Waals surface area (Å²) in [6, 6.07) is 17.9. The molecular weight excluding hydrogens is 590 g/mol. The molecule has 0 bridgehead atoms. The Morgan fingerprint density at radius 3 is 2.17 bits per heavy atom. The van der Waals surface area contributed by atoms with E-state index in [1.165, 1.54) is 31.1 Å². The van der Waals surface area contributed by atoms with Gasteiger partial charge in [-0.2, -0.15) is 12.7 Å². The molecule has 0 aromatic heterocycles. The molecule has 0 aliphatic carbocycles. The number of hydrogen-bond donors (Lipinski definition) is 1. The number of nitrogens with one attached hydrogen (secondary N) is 1. The number of nitrogens with zero attached hydrogens (tertiary/aromatic N) is 3. The highest BCUT2D eigenvalue weighted by molar-refractivity contribution is 7.90. The van der Waals surface area contributed by atoms with Crippen LogP contribution in [0.4, 0.5) is 10.1 Å². The van der Waals surface area contributed by atoms with E-state index in [-0.39, 0.29) is 29.6 Å². The van der Waals surface area contributed by atoms with Crippen molar-refractivity contribution in [2.75, 3.05) is 31.5 Å². The molecule has 3 aromatic carbocycles. The molecule has 41 heavy (non-hydrogen) atoms. The highest BCUT2D eigenvalue weighted by atomic mass is 35.5. The third-order valence-electron chi connectivity index (χ3n) is 6.29. The minimum absolute atomic E-state index is 0.0496. The second kappa shape index (κ2) is 14.6. The number of amides is 2. The molecular formula is C29H33Cl2FN4O4S. The van der Waals surface area contributed by atoms with Crippen molar-refractivity contribution >= 4 is 50.9 Å². The van der Waals surface area contributed by atoms with Gasteiger partial charge in [0.05, 0.1) is 15.7 Å². The van der Waals surface area contributed by atoms with E-state index in [1.807, 2.05) is 37.3 Å². The van der Waals surface area contributed by atoms with Crippen molar-refractivity contribution in [1.29, 1.82) is 0 Å². The van der Waals surface area contributed by atoms with E-state index >= 15 is 0 Å². The van der Waals surface area contributed by atoms with Crippen molar-refractivity contribution in [3.63, 3.8) is 0 Å². The van der Waals surface area contributed by atoms with Gasteiger partial charge in [-0.25, -0.2) is 8.70 Å². The molecule has 0 fully saturated rings. The molecule has 1 atom stereocenters. The quantitative estimate of drug-likeness (QED) is 0.293. The average Bonchev–Trinajstić information content (AvgIpc) is 2.95. The van der Waals surface area contributed by atoms with Crippen LogP contribution < -0.4 is 9.62 Å². The Labute approximate surface area is 250 Å². The second-order valence-corrected chi connectivity index (χ2v) is 12.4. The summed E-state index contributed by atoms with van der Waals surface area (Å²) >= 11 is 12.4. The zero-order valence-electron chi connectivity index (χ0n) is 23.1. The number of benzene rings is 3. The lowest BCUT2D eigenvalue weighted by atomic mass is 10.0. The molecule has 0 saturated carbocycles. The molecule has 12 heteroatoms. The largest absolute Gasteiger partial charge is 0.354 e. The van der Waals surface area contributed by atoms with E-state index in [2.05, 4.69) is 5.32 Å². The van der Waals surface area contributed by atoms with E-state index in [4.69, 9.17) is 23.2 Å². The lowest BCUT2D eigenvalue weighted by Crippen LogP contribution is -2.54. The minimum Gasteiger partial charge on any atom is -0.354 e. The topological polar surface area (TPSA) is 90.0 Å². The van der Waals surface area contributed by atoms with Crippen molar-refractivity contribution in [1.82, 2.24) is 14.5 Å². The van der Waals surface area contributed by atoms with Gasteiger partial charge in [-0.15, -0.1) is 0 Å². The maximum Gasteiger partial charge on any atom is 0.304 e. The first-order valence-corrected chi connectivity index (χ1v) is 15.1. The van der Waals surface area contributed by atoms with Gasteiger partial charge in [-0.05, 0) is 53.9 Å². The van der Waals surface area contributed by atoms with E-state index in [1.54, 1.807) is 18.2 Å². The van der Waals surface area contributed by atoms with Crippen molar-refractivity contribution in [3.05, 3.63) is 99.8 Å².